The summed E-state index contributed by atoms with van der Waals surface area (Å²) in [5.74, 6) is -0.372. The van der Waals surface area contributed by atoms with Crippen LogP contribution in [-0.2, 0) is 14.3 Å². The summed E-state index contributed by atoms with van der Waals surface area (Å²) in [6.07, 6.45) is 0.917. The highest BCUT2D eigenvalue weighted by atomic mass is 32.2. The third kappa shape index (κ3) is 4.18. The molecule has 2 heterocycles. The van der Waals surface area contributed by atoms with E-state index >= 15 is 0 Å². The van der Waals surface area contributed by atoms with E-state index in [9.17, 15) is 14.4 Å². The number of anilines is 1. The van der Waals surface area contributed by atoms with Gasteiger partial charge in [0.1, 0.15) is 10.4 Å². The van der Waals surface area contributed by atoms with E-state index in [-0.39, 0.29) is 24.5 Å². The lowest BCUT2D eigenvalue weighted by molar-refractivity contribution is -0.119. The molecule has 2 N–H and O–H groups in total. The lowest BCUT2D eigenvalue weighted by atomic mass is 10.1. The van der Waals surface area contributed by atoms with Gasteiger partial charge in [0.05, 0.1) is 18.0 Å². The minimum Gasteiger partial charge on any atom is -0.442 e. The van der Waals surface area contributed by atoms with E-state index < -0.39 is 6.09 Å². The third-order valence-electron chi connectivity index (χ3n) is 3.60. The van der Waals surface area contributed by atoms with Gasteiger partial charge in [-0.2, -0.15) is 0 Å². The highest BCUT2D eigenvalue weighted by molar-refractivity contribution is 8.26. The standard InChI is InChI=1S/C16H15N3O4S2/c1-9(20)17-7-12-8-19(16(22)23-12)11-4-2-10(3-5-11)6-13-14(21)18-15(24)25-13/h2-6,12H,7-8H2,1H3,(H,17,20)(H,18,21,24)/b13-6-/t12-/m0/s1. The molecule has 0 unspecified atom stereocenters. The molecule has 0 saturated carbocycles. The Kier molecular flexibility index (Phi) is 5.05. The van der Waals surface area contributed by atoms with Crippen LogP contribution in [0.3, 0.4) is 0 Å². The van der Waals surface area contributed by atoms with Gasteiger partial charge in [-0.1, -0.05) is 36.1 Å². The predicted molar refractivity (Wildman–Crippen MR) is 99.0 cm³/mol. The van der Waals surface area contributed by atoms with Crippen LogP contribution in [0.15, 0.2) is 29.2 Å². The SMILES string of the molecule is CC(=O)NC[C@H]1CN(c2ccc(/C=C3\SC(=S)NC3=O)cc2)C(=O)O1. The van der Waals surface area contributed by atoms with Gasteiger partial charge in [0.2, 0.25) is 5.91 Å². The Bertz CT molecular complexity index is 776. The summed E-state index contributed by atoms with van der Waals surface area (Å²) in [6, 6.07) is 7.19. The van der Waals surface area contributed by atoms with Gasteiger partial charge in [-0.25, -0.2) is 4.79 Å². The van der Waals surface area contributed by atoms with Crippen molar-refractivity contribution in [2.75, 3.05) is 18.0 Å². The van der Waals surface area contributed by atoms with Crippen LogP contribution in [-0.4, -0.2) is 41.4 Å². The fourth-order valence-electron chi connectivity index (χ4n) is 2.42. The smallest absolute Gasteiger partial charge is 0.414 e. The first-order valence-electron chi connectivity index (χ1n) is 7.50. The zero-order chi connectivity index (χ0) is 18.0. The van der Waals surface area contributed by atoms with E-state index in [1.165, 1.54) is 23.6 Å². The summed E-state index contributed by atoms with van der Waals surface area (Å²) in [4.78, 5) is 36.6. The lowest BCUT2D eigenvalue weighted by Crippen LogP contribution is -2.33. The van der Waals surface area contributed by atoms with Gasteiger partial charge in [0, 0.05) is 12.6 Å². The van der Waals surface area contributed by atoms with Crippen molar-refractivity contribution in [1.29, 1.82) is 0 Å². The Balaban J connectivity index is 1.67. The monoisotopic (exact) mass is 377 g/mol. The number of amides is 3. The van der Waals surface area contributed by atoms with Gasteiger partial charge in [0.15, 0.2) is 0 Å². The van der Waals surface area contributed by atoms with Crippen molar-refractivity contribution < 1.29 is 19.1 Å². The molecule has 2 aliphatic rings. The van der Waals surface area contributed by atoms with E-state index in [1.807, 2.05) is 12.1 Å². The summed E-state index contributed by atoms with van der Waals surface area (Å²) in [5.41, 5.74) is 1.52. The van der Waals surface area contributed by atoms with Crippen LogP contribution in [0.1, 0.15) is 12.5 Å². The number of thioether (sulfide) groups is 1. The molecule has 7 nitrogen and oxygen atoms in total. The van der Waals surface area contributed by atoms with Crippen LogP contribution in [0.2, 0.25) is 0 Å². The van der Waals surface area contributed by atoms with Crippen LogP contribution in [0.4, 0.5) is 10.5 Å². The fraction of sp³-hybridized carbons (Fsp3) is 0.250. The van der Waals surface area contributed by atoms with Crippen molar-refractivity contribution in [3.63, 3.8) is 0 Å². The van der Waals surface area contributed by atoms with Crippen LogP contribution < -0.4 is 15.5 Å². The number of carbonyl (C=O) groups excluding carboxylic acids is 3. The van der Waals surface area contributed by atoms with Gasteiger partial charge in [-0.05, 0) is 23.8 Å². The van der Waals surface area contributed by atoms with Crippen LogP contribution >= 0.6 is 24.0 Å². The Morgan fingerprint density at radius 3 is 2.76 bits per heavy atom. The maximum Gasteiger partial charge on any atom is 0.414 e. The van der Waals surface area contributed by atoms with Crippen molar-refractivity contribution in [3.05, 3.63) is 34.7 Å². The van der Waals surface area contributed by atoms with Crippen LogP contribution in [0, 0.1) is 0 Å². The molecule has 0 radical (unpaired) electrons. The van der Waals surface area contributed by atoms with Gasteiger partial charge >= 0.3 is 6.09 Å². The van der Waals surface area contributed by atoms with E-state index in [2.05, 4.69) is 10.6 Å². The number of carbonyl (C=O) groups is 3. The molecule has 1 aromatic rings. The highest BCUT2D eigenvalue weighted by Gasteiger charge is 2.32. The van der Waals surface area contributed by atoms with Crippen molar-refractivity contribution in [3.8, 4) is 0 Å². The molecule has 1 aromatic carbocycles. The van der Waals surface area contributed by atoms with Crippen molar-refractivity contribution >= 4 is 58.0 Å². The summed E-state index contributed by atoms with van der Waals surface area (Å²) in [6.45, 7) is 2.07. The average Bonchev–Trinajstić information content (AvgIpc) is 3.08. The minimum absolute atomic E-state index is 0.166. The molecule has 130 valence electrons. The normalized spacial score (nSPS) is 21.5. The second-order valence-corrected chi connectivity index (χ2v) is 7.22. The Morgan fingerprint density at radius 2 is 2.16 bits per heavy atom. The van der Waals surface area contributed by atoms with Crippen LogP contribution in [0.25, 0.3) is 6.08 Å². The Morgan fingerprint density at radius 1 is 1.44 bits per heavy atom. The van der Waals surface area contributed by atoms with Gasteiger partial charge in [0.25, 0.3) is 5.91 Å². The van der Waals surface area contributed by atoms with E-state index in [0.29, 0.717) is 21.5 Å². The number of thiocarbonyl (C=S) groups is 1. The first-order chi connectivity index (χ1) is 11.9. The largest absolute Gasteiger partial charge is 0.442 e. The quantitative estimate of drug-likeness (QED) is 0.613. The molecule has 0 spiro atoms. The number of cyclic esters (lactones) is 1. The summed E-state index contributed by atoms with van der Waals surface area (Å²) in [7, 11) is 0. The molecule has 2 saturated heterocycles. The number of hydrogen-bond acceptors (Lipinski definition) is 6. The molecule has 9 heteroatoms. The molecule has 1 atom stereocenters. The van der Waals surface area contributed by atoms with Gasteiger partial charge < -0.3 is 15.4 Å². The highest BCUT2D eigenvalue weighted by Crippen LogP contribution is 2.27. The first kappa shape index (κ1) is 17.4. The molecule has 3 amide bonds. The molecule has 0 aromatic heterocycles. The third-order valence-corrected chi connectivity index (χ3v) is 4.76. The number of nitrogens with one attached hydrogen (secondary N) is 2. The number of nitrogens with zero attached hydrogens (tertiary/aromatic N) is 1. The zero-order valence-electron chi connectivity index (χ0n) is 13.3. The molecule has 2 aliphatic heterocycles. The second kappa shape index (κ2) is 7.24. The Hall–Kier alpha value is -2.39. The molecular weight excluding hydrogens is 362 g/mol. The average molecular weight is 377 g/mol. The fourth-order valence-corrected chi connectivity index (χ4v) is 3.46. The molecule has 2 fully saturated rings. The van der Waals surface area contributed by atoms with Gasteiger partial charge in [-0.3, -0.25) is 14.5 Å². The zero-order valence-corrected chi connectivity index (χ0v) is 14.9. The summed E-state index contributed by atoms with van der Waals surface area (Å²) < 4.78 is 5.67. The van der Waals surface area contributed by atoms with Crippen molar-refractivity contribution in [2.45, 2.75) is 13.0 Å². The van der Waals surface area contributed by atoms with E-state index in [4.69, 9.17) is 17.0 Å². The maximum atomic E-state index is 12.0. The molecular formula is C16H15N3O4S2. The lowest BCUT2D eigenvalue weighted by Gasteiger charge is -2.13. The molecule has 0 aliphatic carbocycles. The van der Waals surface area contributed by atoms with Crippen molar-refractivity contribution in [2.24, 2.45) is 0 Å². The van der Waals surface area contributed by atoms with Crippen LogP contribution in [0.5, 0.6) is 0 Å². The first-order valence-corrected chi connectivity index (χ1v) is 8.72. The van der Waals surface area contributed by atoms with Crippen molar-refractivity contribution in [1.82, 2.24) is 10.6 Å². The summed E-state index contributed by atoms with van der Waals surface area (Å²) in [5, 5.41) is 5.20. The number of ether oxygens (including phenoxy) is 1. The topological polar surface area (TPSA) is 87.7 Å². The van der Waals surface area contributed by atoms with E-state index in [0.717, 1.165) is 5.56 Å². The molecule has 25 heavy (non-hydrogen) atoms. The summed E-state index contributed by atoms with van der Waals surface area (Å²) >= 11 is 6.17. The Labute approximate surface area is 153 Å². The molecule has 0 bridgehead atoms. The predicted octanol–water partition coefficient (Wildman–Crippen LogP) is 1.64. The second-order valence-electron chi connectivity index (χ2n) is 5.50. The minimum atomic E-state index is -0.447. The number of benzene rings is 1. The molecule has 3 rings (SSSR count). The maximum absolute atomic E-state index is 12.0. The van der Waals surface area contributed by atoms with Gasteiger partial charge in [-0.15, -0.1) is 0 Å². The number of rotatable bonds is 4. The number of hydrogen-bond donors (Lipinski definition) is 2. The van der Waals surface area contributed by atoms with E-state index in [1.54, 1.807) is 18.2 Å².